The molecule has 34 heavy (non-hydrogen) atoms. The van der Waals surface area contributed by atoms with Crippen LogP contribution in [0.5, 0.6) is 0 Å². The number of morpholine rings is 1. The molecule has 13 heteroatoms. The number of azo groups is 1. The van der Waals surface area contributed by atoms with Crippen LogP contribution in [0.1, 0.15) is 12.0 Å². The number of ether oxygens (including phenoxy) is 1. The Kier molecular flexibility index (Phi) is 6.78. The first kappa shape index (κ1) is 23.6. The maximum atomic E-state index is 13.6. The highest BCUT2D eigenvalue weighted by Gasteiger charge is 2.51. The number of aromatic nitrogens is 1. The van der Waals surface area contributed by atoms with Gasteiger partial charge in [0.15, 0.2) is 5.92 Å². The topological polar surface area (TPSA) is 114 Å². The van der Waals surface area contributed by atoms with Crippen molar-refractivity contribution in [3.8, 4) is 6.07 Å². The summed E-state index contributed by atoms with van der Waals surface area (Å²) < 4.78 is 46.2. The van der Waals surface area contributed by atoms with E-state index in [1.165, 1.54) is 11.1 Å². The van der Waals surface area contributed by atoms with Crippen molar-refractivity contribution in [1.29, 1.82) is 5.26 Å². The van der Waals surface area contributed by atoms with Crippen LogP contribution in [0, 0.1) is 17.2 Å². The minimum absolute atomic E-state index is 0.0532. The maximum absolute atomic E-state index is 13.6. The average molecular weight is 477 g/mol. The zero-order valence-electron chi connectivity index (χ0n) is 18.1. The molecule has 0 spiro atoms. The van der Waals surface area contributed by atoms with Gasteiger partial charge in [0.25, 0.3) is 5.91 Å². The molecule has 3 aliphatic heterocycles. The number of amides is 2. The summed E-state index contributed by atoms with van der Waals surface area (Å²) in [4.78, 5) is 34.2. The van der Waals surface area contributed by atoms with Crippen LogP contribution in [0.25, 0.3) is 0 Å². The fourth-order valence-electron chi connectivity index (χ4n) is 4.27. The molecule has 0 N–H and O–H groups in total. The Morgan fingerprint density at radius 3 is 2.62 bits per heavy atom. The van der Waals surface area contributed by atoms with Gasteiger partial charge in [-0.25, -0.2) is 4.98 Å². The molecular formula is C21H22F3N7O3. The number of alkyl halides is 3. The minimum atomic E-state index is -4.81. The second-order valence-corrected chi connectivity index (χ2v) is 8.09. The van der Waals surface area contributed by atoms with Crippen LogP contribution in [-0.2, 0) is 14.3 Å². The van der Waals surface area contributed by atoms with Gasteiger partial charge in [-0.15, -0.1) is 5.11 Å². The predicted molar refractivity (Wildman–Crippen MR) is 111 cm³/mol. The third-order valence-corrected chi connectivity index (χ3v) is 6.02. The highest BCUT2D eigenvalue weighted by atomic mass is 19.4. The summed E-state index contributed by atoms with van der Waals surface area (Å²) in [6.45, 7) is 2.26. The number of hydrogen-bond donors (Lipinski definition) is 0. The van der Waals surface area contributed by atoms with Crippen molar-refractivity contribution in [1.82, 2.24) is 14.8 Å². The van der Waals surface area contributed by atoms with Crippen molar-refractivity contribution in [2.75, 3.05) is 50.8 Å². The Balaban J connectivity index is 1.40. The van der Waals surface area contributed by atoms with Gasteiger partial charge in [-0.2, -0.15) is 23.5 Å². The first-order valence-corrected chi connectivity index (χ1v) is 10.7. The molecule has 1 aromatic rings. The fraction of sp³-hybridized carbons (Fsp3) is 0.524. The molecule has 4 heterocycles. The molecule has 0 aliphatic carbocycles. The number of carbonyl (C=O) groups is 2. The molecule has 2 amide bonds. The molecular weight excluding hydrogens is 455 g/mol. The molecule has 1 aromatic heterocycles. The van der Waals surface area contributed by atoms with Crippen LogP contribution in [0.15, 0.2) is 40.5 Å². The minimum Gasteiger partial charge on any atom is -0.377 e. The van der Waals surface area contributed by atoms with Crippen molar-refractivity contribution in [2.24, 2.45) is 16.1 Å². The molecule has 0 bridgehead atoms. The standard InChI is InChI=1S/C21H22F3N7O3/c22-21(23,24)19-16(12-27-28-20(19)33)31-7-8-34-13-15(31)9-18(32)30-5-3-29(4-6-30)17-2-1-14(10-25)11-26-17/h1-2,11-12,15,19H,3-9,13H2. The molecule has 0 radical (unpaired) electrons. The van der Waals surface area contributed by atoms with Gasteiger partial charge in [-0.3, -0.25) is 9.59 Å². The lowest BCUT2D eigenvalue weighted by Crippen LogP contribution is -2.53. The second-order valence-electron chi connectivity index (χ2n) is 8.09. The molecule has 2 unspecified atom stereocenters. The summed E-state index contributed by atoms with van der Waals surface area (Å²) in [7, 11) is 0. The summed E-state index contributed by atoms with van der Waals surface area (Å²) in [6, 6.07) is 4.79. The van der Waals surface area contributed by atoms with Crippen molar-refractivity contribution in [2.45, 2.75) is 18.6 Å². The van der Waals surface area contributed by atoms with Crippen LogP contribution >= 0.6 is 0 Å². The predicted octanol–water partition coefficient (Wildman–Crippen LogP) is 1.71. The molecule has 2 fully saturated rings. The van der Waals surface area contributed by atoms with Crippen molar-refractivity contribution in [3.63, 3.8) is 0 Å². The summed E-state index contributed by atoms with van der Waals surface area (Å²) in [5, 5.41) is 15.4. The lowest BCUT2D eigenvalue weighted by Gasteiger charge is -2.42. The average Bonchev–Trinajstić information content (AvgIpc) is 2.83. The van der Waals surface area contributed by atoms with Crippen molar-refractivity contribution < 1.29 is 27.5 Å². The van der Waals surface area contributed by atoms with Gasteiger partial charge in [0.2, 0.25) is 5.91 Å². The number of rotatable bonds is 4. The first-order valence-electron chi connectivity index (χ1n) is 10.7. The number of piperazine rings is 1. The second kappa shape index (κ2) is 9.76. The Morgan fingerprint density at radius 1 is 1.21 bits per heavy atom. The summed E-state index contributed by atoms with van der Waals surface area (Å²) >= 11 is 0. The van der Waals surface area contributed by atoms with Gasteiger partial charge in [0, 0.05) is 45.3 Å². The summed E-state index contributed by atoms with van der Waals surface area (Å²) in [6.07, 6.45) is -2.43. The quantitative estimate of drug-likeness (QED) is 0.649. The fourth-order valence-corrected chi connectivity index (χ4v) is 4.27. The Hall–Kier alpha value is -3.53. The SMILES string of the molecule is N#Cc1ccc(N2CCN(C(=O)CC3COCCN3C3=CN=NC(=O)C3C(F)(F)F)CC2)nc1. The molecule has 180 valence electrons. The molecule has 0 aromatic carbocycles. The van der Waals surface area contributed by atoms with Crippen LogP contribution < -0.4 is 4.90 Å². The first-order chi connectivity index (χ1) is 16.3. The number of halogens is 3. The lowest BCUT2D eigenvalue weighted by molar-refractivity contribution is -0.179. The van der Waals surface area contributed by atoms with Crippen LogP contribution in [-0.4, -0.2) is 84.8 Å². The number of carbonyl (C=O) groups excluding carboxylic acids is 2. The third kappa shape index (κ3) is 5.01. The van der Waals surface area contributed by atoms with E-state index in [9.17, 15) is 22.8 Å². The number of nitrogens with zero attached hydrogens (tertiary/aromatic N) is 7. The number of hydrogen-bond acceptors (Lipinski definition) is 8. The molecule has 0 saturated carbocycles. The zero-order chi connectivity index (χ0) is 24.3. The van der Waals surface area contributed by atoms with Crippen molar-refractivity contribution >= 4 is 17.6 Å². The molecule has 2 saturated heterocycles. The van der Waals surface area contributed by atoms with Crippen molar-refractivity contribution in [3.05, 3.63) is 35.8 Å². The van der Waals surface area contributed by atoms with Gasteiger partial charge in [-0.1, -0.05) is 0 Å². The Morgan fingerprint density at radius 2 is 1.97 bits per heavy atom. The van der Waals surface area contributed by atoms with E-state index in [-0.39, 0.29) is 37.8 Å². The normalized spacial score (nSPS) is 23.5. The van der Waals surface area contributed by atoms with E-state index in [1.54, 1.807) is 17.0 Å². The van der Waals surface area contributed by atoms with Gasteiger partial charge < -0.3 is 19.4 Å². The van der Waals surface area contributed by atoms with Gasteiger partial charge in [-0.05, 0) is 12.1 Å². The molecule has 2 atom stereocenters. The molecule has 4 rings (SSSR count). The maximum Gasteiger partial charge on any atom is 0.406 e. The number of nitriles is 1. The van der Waals surface area contributed by atoms with E-state index in [0.717, 1.165) is 6.20 Å². The Bertz CT molecular complexity index is 1030. The van der Waals surface area contributed by atoms with Gasteiger partial charge in [0.1, 0.15) is 11.9 Å². The van der Waals surface area contributed by atoms with E-state index in [4.69, 9.17) is 10.00 Å². The highest BCUT2D eigenvalue weighted by Crippen LogP contribution is 2.38. The van der Waals surface area contributed by atoms with Gasteiger partial charge >= 0.3 is 6.18 Å². The summed E-state index contributed by atoms with van der Waals surface area (Å²) in [5.74, 6) is -3.27. The van der Waals surface area contributed by atoms with E-state index in [1.807, 2.05) is 11.0 Å². The highest BCUT2D eigenvalue weighted by molar-refractivity contribution is 5.83. The van der Waals surface area contributed by atoms with Crippen LogP contribution in [0.2, 0.25) is 0 Å². The van der Waals surface area contributed by atoms with E-state index < -0.39 is 24.0 Å². The lowest BCUT2D eigenvalue weighted by atomic mass is 9.99. The monoisotopic (exact) mass is 477 g/mol. The van der Waals surface area contributed by atoms with Crippen LogP contribution in [0.4, 0.5) is 19.0 Å². The van der Waals surface area contributed by atoms with E-state index in [0.29, 0.717) is 37.6 Å². The zero-order valence-corrected chi connectivity index (χ0v) is 18.1. The summed E-state index contributed by atoms with van der Waals surface area (Å²) in [5.41, 5.74) is 0.158. The molecule has 10 nitrogen and oxygen atoms in total. The van der Waals surface area contributed by atoms with Crippen LogP contribution in [0.3, 0.4) is 0 Å². The third-order valence-electron chi connectivity index (χ3n) is 6.02. The smallest absolute Gasteiger partial charge is 0.377 e. The number of pyridine rings is 1. The Labute approximate surface area is 193 Å². The van der Waals surface area contributed by atoms with E-state index in [2.05, 4.69) is 15.2 Å². The molecule has 3 aliphatic rings. The van der Waals surface area contributed by atoms with Gasteiger partial charge in [0.05, 0.1) is 36.7 Å². The number of anilines is 1. The van der Waals surface area contributed by atoms with E-state index >= 15 is 0 Å². The largest absolute Gasteiger partial charge is 0.406 e.